The maximum absolute atomic E-state index is 12.6. The molecule has 30 heavy (non-hydrogen) atoms. The molecule has 5 rings (SSSR count). The molecule has 6 heteroatoms. The van der Waals surface area contributed by atoms with Gasteiger partial charge in [0.15, 0.2) is 5.13 Å². The number of fused-ring (bicyclic) bond motifs is 1. The van der Waals surface area contributed by atoms with Crippen molar-refractivity contribution in [1.82, 2.24) is 9.97 Å². The van der Waals surface area contributed by atoms with Gasteiger partial charge in [0, 0.05) is 47.7 Å². The van der Waals surface area contributed by atoms with E-state index in [1.54, 1.807) is 12.4 Å². The largest absolute Gasteiger partial charge is 0.367 e. The van der Waals surface area contributed by atoms with Crippen molar-refractivity contribution in [3.8, 4) is 11.3 Å². The molecule has 0 fully saturated rings. The quantitative estimate of drug-likeness (QED) is 0.511. The van der Waals surface area contributed by atoms with E-state index in [1.807, 2.05) is 41.8 Å². The number of carbonyl (C=O) groups excluding carboxylic acids is 1. The summed E-state index contributed by atoms with van der Waals surface area (Å²) in [6, 6.07) is 20.2. The molecule has 2 aromatic heterocycles. The zero-order valence-electron chi connectivity index (χ0n) is 16.3. The summed E-state index contributed by atoms with van der Waals surface area (Å²) in [7, 11) is 0. The molecule has 0 unspecified atom stereocenters. The lowest BCUT2D eigenvalue weighted by Gasteiger charge is -2.30. The van der Waals surface area contributed by atoms with Gasteiger partial charge in [0.1, 0.15) is 0 Å². The molecule has 5 nitrogen and oxygen atoms in total. The molecule has 0 saturated carbocycles. The van der Waals surface area contributed by atoms with E-state index in [0.29, 0.717) is 10.7 Å². The molecule has 0 radical (unpaired) electrons. The first-order valence-electron chi connectivity index (χ1n) is 9.85. The van der Waals surface area contributed by atoms with Crippen LogP contribution in [-0.4, -0.2) is 22.4 Å². The number of anilines is 2. The van der Waals surface area contributed by atoms with Crippen molar-refractivity contribution in [2.45, 2.75) is 13.0 Å². The van der Waals surface area contributed by atoms with E-state index in [2.05, 4.69) is 44.5 Å². The number of hydrogen-bond acceptors (Lipinski definition) is 5. The van der Waals surface area contributed by atoms with Gasteiger partial charge in [-0.15, -0.1) is 11.3 Å². The molecule has 148 valence electrons. The van der Waals surface area contributed by atoms with Crippen molar-refractivity contribution in [2.24, 2.45) is 0 Å². The molecule has 3 heterocycles. The van der Waals surface area contributed by atoms with Crippen LogP contribution in [0.4, 0.5) is 10.8 Å². The zero-order valence-corrected chi connectivity index (χ0v) is 17.1. The first-order valence-corrected chi connectivity index (χ1v) is 10.7. The van der Waals surface area contributed by atoms with Crippen LogP contribution in [0.15, 0.2) is 78.4 Å². The van der Waals surface area contributed by atoms with Crippen molar-refractivity contribution in [3.63, 3.8) is 0 Å². The van der Waals surface area contributed by atoms with Gasteiger partial charge in [-0.05, 0) is 53.9 Å². The number of carbonyl (C=O) groups is 1. The third kappa shape index (κ3) is 3.82. The fourth-order valence-corrected chi connectivity index (χ4v) is 4.40. The Kier molecular flexibility index (Phi) is 4.99. The number of hydrogen-bond donors (Lipinski definition) is 1. The first-order chi connectivity index (χ1) is 14.8. The van der Waals surface area contributed by atoms with E-state index < -0.39 is 0 Å². The van der Waals surface area contributed by atoms with E-state index >= 15 is 0 Å². The van der Waals surface area contributed by atoms with Crippen molar-refractivity contribution in [2.75, 3.05) is 16.8 Å². The van der Waals surface area contributed by atoms with Gasteiger partial charge >= 0.3 is 0 Å². The van der Waals surface area contributed by atoms with Crippen molar-refractivity contribution >= 4 is 28.1 Å². The van der Waals surface area contributed by atoms with Gasteiger partial charge in [-0.25, -0.2) is 4.98 Å². The van der Waals surface area contributed by atoms with Crippen molar-refractivity contribution < 1.29 is 4.79 Å². The second-order valence-corrected chi connectivity index (χ2v) is 8.08. The van der Waals surface area contributed by atoms with Crippen LogP contribution in [0.25, 0.3) is 11.3 Å². The molecule has 1 aliphatic rings. The average Bonchev–Trinajstić information content (AvgIpc) is 3.28. The first kappa shape index (κ1) is 18.5. The predicted molar refractivity (Wildman–Crippen MR) is 121 cm³/mol. The third-order valence-corrected chi connectivity index (χ3v) is 6.06. The number of aromatic nitrogens is 2. The van der Waals surface area contributed by atoms with E-state index in [0.717, 1.165) is 36.5 Å². The molecule has 1 aliphatic heterocycles. The number of thiazole rings is 1. The minimum atomic E-state index is -0.155. The molecule has 0 spiro atoms. The zero-order chi connectivity index (χ0) is 20.3. The smallest absolute Gasteiger partial charge is 0.257 e. The minimum absolute atomic E-state index is 0.155. The van der Waals surface area contributed by atoms with Crippen LogP contribution >= 0.6 is 11.3 Å². The van der Waals surface area contributed by atoms with Crippen LogP contribution in [0.5, 0.6) is 0 Å². The summed E-state index contributed by atoms with van der Waals surface area (Å²) in [6.45, 7) is 1.89. The maximum atomic E-state index is 12.6. The van der Waals surface area contributed by atoms with Crippen LogP contribution in [0.2, 0.25) is 0 Å². The lowest BCUT2D eigenvalue weighted by Crippen LogP contribution is -2.30. The predicted octanol–water partition coefficient (Wildman–Crippen LogP) is 5.02. The molecule has 1 amide bonds. The summed E-state index contributed by atoms with van der Waals surface area (Å²) < 4.78 is 0. The molecule has 0 aliphatic carbocycles. The van der Waals surface area contributed by atoms with Crippen molar-refractivity contribution in [3.05, 3.63) is 95.1 Å². The molecule has 4 aromatic rings. The minimum Gasteiger partial charge on any atom is -0.367 e. The molecular weight excluding hydrogens is 392 g/mol. The summed E-state index contributed by atoms with van der Waals surface area (Å²) in [5, 5.41) is 5.39. The fourth-order valence-electron chi connectivity index (χ4n) is 3.69. The average molecular weight is 413 g/mol. The number of pyridine rings is 1. The fraction of sp³-hybridized carbons (Fsp3) is 0.125. The Hall–Kier alpha value is -3.51. The van der Waals surface area contributed by atoms with Crippen LogP contribution in [0, 0.1) is 0 Å². The van der Waals surface area contributed by atoms with Crippen LogP contribution in [0.3, 0.4) is 0 Å². The van der Waals surface area contributed by atoms with Gasteiger partial charge in [-0.1, -0.05) is 24.3 Å². The third-order valence-electron chi connectivity index (χ3n) is 5.31. The molecular formula is C24H20N4OS. The van der Waals surface area contributed by atoms with Crippen LogP contribution in [-0.2, 0) is 13.0 Å². The van der Waals surface area contributed by atoms with Gasteiger partial charge in [-0.3, -0.25) is 15.1 Å². The Morgan fingerprint density at radius 3 is 2.63 bits per heavy atom. The van der Waals surface area contributed by atoms with E-state index in [4.69, 9.17) is 0 Å². The summed E-state index contributed by atoms with van der Waals surface area (Å²) in [6.07, 6.45) is 4.53. The van der Waals surface area contributed by atoms with Crippen LogP contribution in [0.1, 0.15) is 21.5 Å². The summed E-state index contributed by atoms with van der Waals surface area (Å²) in [5.41, 5.74) is 6.30. The van der Waals surface area contributed by atoms with Crippen molar-refractivity contribution in [1.29, 1.82) is 0 Å². The molecule has 0 atom stereocenters. The molecule has 1 N–H and O–H groups in total. The maximum Gasteiger partial charge on any atom is 0.257 e. The Morgan fingerprint density at radius 1 is 1.00 bits per heavy atom. The Morgan fingerprint density at radius 2 is 1.83 bits per heavy atom. The normalized spacial score (nSPS) is 13.0. The van der Waals surface area contributed by atoms with Gasteiger partial charge in [0.05, 0.1) is 5.69 Å². The second-order valence-electron chi connectivity index (χ2n) is 7.22. The van der Waals surface area contributed by atoms with Gasteiger partial charge in [-0.2, -0.15) is 0 Å². The van der Waals surface area contributed by atoms with E-state index in [-0.39, 0.29) is 5.91 Å². The highest BCUT2D eigenvalue weighted by Gasteiger charge is 2.17. The van der Waals surface area contributed by atoms with E-state index in [1.165, 1.54) is 22.5 Å². The molecule has 0 bridgehead atoms. The van der Waals surface area contributed by atoms with Crippen LogP contribution < -0.4 is 10.2 Å². The Balaban J connectivity index is 1.26. The summed E-state index contributed by atoms with van der Waals surface area (Å²) >= 11 is 1.41. The summed E-state index contributed by atoms with van der Waals surface area (Å²) in [4.78, 5) is 23.6. The monoisotopic (exact) mass is 412 g/mol. The van der Waals surface area contributed by atoms with E-state index in [9.17, 15) is 4.79 Å². The standard InChI is InChI=1S/C24H20N4OS/c29-23(27-24-26-22(16-30-24)19-6-3-12-25-14-19)18-7-9-21(10-8-18)28-13-11-17-4-1-2-5-20(17)15-28/h1-10,12,14,16H,11,13,15H2,(H,26,27,29). The number of nitrogens with zero attached hydrogens (tertiary/aromatic N) is 3. The highest BCUT2D eigenvalue weighted by Crippen LogP contribution is 2.26. The number of nitrogens with one attached hydrogen (secondary N) is 1. The second kappa shape index (κ2) is 8.08. The topological polar surface area (TPSA) is 58.1 Å². The van der Waals surface area contributed by atoms with Gasteiger partial charge in [0.25, 0.3) is 5.91 Å². The lowest BCUT2D eigenvalue weighted by atomic mass is 9.99. The Bertz CT molecular complexity index is 1170. The summed E-state index contributed by atoms with van der Waals surface area (Å²) in [5.74, 6) is -0.155. The number of amides is 1. The molecule has 2 aromatic carbocycles. The highest BCUT2D eigenvalue weighted by atomic mass is 32.1. The molecule has 0 saturated heterocycles. The van der Waals surface area contributed by atoms with Gasteiger partial charge < -0.3 is 4.90 Å². The number of benzene rings is 2. The lowest BCUT2D eigenvalue weighted by molar-refractivity contribution is 0.102. The van der Waals surface area contributed by atoms with Gasteiger partial charge in [0.2, 0.25) is 0 Å². The number of rotatable bonds is 4. The highest BCUT2D eigenvalue weighted by molar-refractivity contribution is 7.14. The SMILES string of the molecule is O=C(Nc1nc(-c2cccnc2)cs1)c1ccc(N2CCc3ccccc3C2)cc1. The Labute approximate surface area is 179 Å².